The Hall–Kier alpha value is -0.610. The molecule has 14 heavy (non-hydrogen) atoms. The van der Waals surface area contributed by atoms with Crippen LogP contribution in [0.5, 0.6) is 0 Å². The van der Waals surface area contributed by atoms with Crippen molar-refractivity contribution in [1.82, 2.24) is 4.90 Å². The van der Waals surface area contributed by atoms with E-state index in [2.05, 4.69) is 4.90 Å². The van der Waals surface area contributed by atoms with Crippen LogP contribution in [0.1, 0.15) is 19.3 Å². The molecule has 2 aliphatic heterocycles. The Bertz CT molecular complexity index is 215. The lowest BCUT2D eigenvalue weighted by molar-refractivity contribution is -0.142. The van der Waals surface area contributed by atoms with E-state index in [1.54, 1.807) is 0 Å². The third-order valence-corrected chi connectivity index (χ3v) is 3.18. The van der Waals surface area contributed by atoms with Gasteiger partial charge in [0.05, 0.1) is 13.2 Å². The van der Waals surface area contributed by atoms with Crippen molar-refractivity contribution in [2.24, 2.45) is 5.92 Å². The van der Waals surface area contributed by atoms with E-state index < -0.39 is 5.97 Å². The minimum absolute atomic E-state index is 0.226. The van der Waals surface area contributed by atoms with Crippen LogP contribution in [0, 0.1) is 5.92 Å². The maximum Gasteiger partial charge on any atom is 0.320 e. The van der Waals surface area contributed by atoms with Crippen LogP contribution in [-0.2, 0) is 9.53 Å². The van der Waals surface area contributed by atoms with Gasteiger partial charge >= 0.3 is 5.97 Å². The van der Waals surface area contributed by atoms with E-state index >= 15 is 0 Å². The average molecular weight is 199 g/mol. The van der Waals surface area contributed by atoms with Gasteiger partial charge in [-0.25, -0.2) is 0 Å². The number of ether oxygens (including phenoxy) is 1. The van der Waals surface area contributed by atoms with Crippen LogP contribution in [-0.4, -0.2) is 48.3 Å². The highest BCUT2D eigenvalue weighted by Crippen LogP contribution is 2.21. The molecule has 0 radical (unpaired) electrons. The summed E-state index contributed by atoms with van der Waals surface area (Å²) in [4.78, 5) is 13.0. The highest BCUT2D eigenvalue weighted by Gasteiger charge is 2.31. The van der Waals surface area contributed by atoms with Crippen LogP contribution in [0.3, 0.4) is 0 Å². The Morgan fingerprint density at radius 2 is 2.29 bits per heavy atom. The lowest BCUT2D eigenvalue weighted by Crippen LogP contribution is -2.39. The number of carboxylic acids is 1. The molecule has 0 aromatic heterocycles. The van der Waals surface area contributed by atoms with Gasteiger partial charge in [-0.05, 0) is 32.4 Å². The highest BCUT2D eigenvalue weighted by molar-refractivity contribution is 5.73. The topological polar surface area (TPSA) is 49.8 Å². The average Bonchev–Trinajstić information content (AvgIpc) is 2.49. The van der Waals surface area contributed by atoms with Crippen LogP contribution in [0.4, 0.5) is 0 Å². The second kappa shape index (κ2) is 4.28. The van der Waals surface area contributed by atoms with Crippen molar-refractivity contribution in [3.63, 3.8) is 0 Å². The number of rotatable bonds is 4. The van der Waals surface area contributed by atoms with E-state index in [0.29, 0.717) is 5.92 Å². The molecule has 80 valence electrons. The first kappa shape index (κ1) is 9.93. The summed E-state index contributed by atoms with van der Waals surface area (Å²) in [6.45, 7) is 3.60. The Morgan fingerprint density at radius 1 is 1.50 bits per heavy atom. The van der Waals surface area contributed by atoms with Gasteiger partial charge in [0.25, 0.3) is 0 Å². The van der Waals surface area contributed by atoms with Crippen molar-refractivity contribution < 1.29 is 14.6 Å². The number of aliphatic carboxylic acids is 1. The summed E-state index contributed by atoms with van der Waals surface area (Å²) in [5.41, 5.74) is 0. The second-order valence-corrected chi connectivity index (χ2v) is 4.22. The molecule has 2 heterocycles. The summed E-state index contributed by atoms with van der Waals surface area (Å²) in [7, 11) is 0. The summed E-state index contributed by atoms with van der Waals surface area (Å²) in [6.07, 6.45) is 2.93. The first-order chi connectivity index (χ1) is 6.77. The monoisotopic (exact) mass is 199 g/mol. The van der Waals surface area contributed by atoms with E-state index in [1.165, 1.54) is 0 Å². The Balaban J connectivity index is 1.75. The van der Waals surface area contributed by atoms with E-state index in [-0.39, 0.29) is 6.04 Å². The van der Waals surface area contributed by atoms with Gasteiger partial charge < -0.3 is 9.84 Å². The molecule has 0 bridgehead atoms. The Labute approximate surface area is 83.8 Å². The normalized spacial score (nSPS) is 29.0. The molecule has 2 fully saturated rings. The number of hydrogen-bond donors (Lipinski definition) is 1. The van der Waals surface area contributed by atoms with E-state index in [0.717, 1.165) is 45.6 Å². The summed E-state index contributed by atoms with van der Waals surface area (Å²) in [5, 5.41) is 8.95. The molecule has 0 aromatic carbocycles. The molecule has 0 spiro atoms. The first-order valence-electron chi connectivity index (χ1n) is 5.32. The van der Waals surface area contributed by atoms with Crippen LogP contribution >= 0.6 is 0 Å². The molecule has 2 rings (SSSR count). The van der Waals surface area contributed by atoms with E-state index in [9.17, 15) is 4.79 Å². The van der Waals surface area contributed by atoms with Crippen molar-refractivity contribution >= 4 is 5.97 Å². The molecule has 0 saturated carbocycles. The predicted octanol–water partition coefficient (Wildman–Crippen LogP) is 0.572. The third kappa shape index (κ3) is 2.07. The molecule has 1 N–H and O–H groups in total. The van der Waals surface area contributed by atoms with Crippen LogP contribution < -0.4 is 0 Å². The van der Waals surface area contributed by atoms with Gasteiger partial charge in [-0.15, -0.1) is 0 Å². The summed E-state index contributed by atoms with van der Waals surface area (Å²) in [6, 6.07) is -0.226. The summed E-state index contributed by atoms with van der Waals surface area (Å²) in [5.74, 6) is 0.0115. The molecule has 0 aromatic rings. The summed E-state index contributed by atoms with van der Waals surface area (Å²) >= 11 is 0. The lowest BCUT2D eigenvalue weighted by Gasteiger charge is -2.29. The molecular weight excluding hydrogens is 182 g/mol. The molecule has 0 aliphatic carbocycles. The Morgan fingerprint density at radius 3 is 2.86 bits per heavy atom. The van der Waals surface area contributed by atoms with Crippen molar-refractivity contribution in [3.8, 4) is 0 Å². The van der Waals surface area contributed by atoms with Crippen molar-refractivity contribution in [3.05, 3.63) is 0 Å². The number of likely N-dealkylation sites (tertiary alicyclic amines) is 1. The molecule has 2 saturated heterocycles. The molecule has 1 atom stereocenters. The fourth-order valence-electron chi connectivity index (χ4n) is 2.17. The molecule has 1 unspecified atom stereocenters. The zero-order chi connectivity index (χ0) is 9.97. The van der Waals surface area contributed by atoms with Gasteiger partial charge in [-0.1, -0.05) is 0 Å². The van der Waals surface area contributed by atoms with Gasteiger partial charge in [0.1, 0.15) is 6.04 Å². The molecule has 4 nitrogen and oxygen atoms in total. The van der Waals surface area contributed by atoms with Gasteiger partial charge in [0.2, 0.25) is 0 Å². The summed E-state index contributed by atoms with van der Waals surface area (Å²) < 4.78 is 5.09. The van der Waals surface area contributed by atoms with Crippen molar-refractivity contribution in [1.29, 1.82) is 0 Å². The van der Waals surface area contributed by atoms with Crippen LogP contribution in [0.15, 0.2) is 0 Å². The predicted molar refractivity (Wildman–Crippen MR) is 51.2 cm³/mol. The third-order valence-electron chi connectivity index (χ3n) is 3.18. The molecule has 2 aliphatic rings. The zero-order valence-corrected chi connectivity index (χ0v) is 8.32. The minimum Gasteiger partial charge on any atom is -0.480 e. The van der Waals surface area contributed by atoms with Gasteiger partial charge in [0, 0.05) is 5.92 Å². The maximum absolute atomic E-state index is 10.9. The molecule has 0 amide bonds. The van der Waals surface area contributed by atoms with E-state index in [4.69, 9.17) is 9.84 Å². The van der Waals surface area contributed by atoms with E-state index in [1.807, 2.05) is 0 Å². The second-order valence-electron chi connectivity index (χ2n) is 4.22. The smallest absolute Gasteiger partial charge is 0.320 e. The number of nitrogens with zero attached hydrogens (tertiary/aromatic N) is 1. The number of hydrogen-bond acceptors (Lipinski definition) is 3. The molecule has 4 heteroatoms. The van der Waals surface area contributed by atoms with Gasteiger partial charge in [-0.3, -0.25) is 9.69 Å². The fourth-order valence-corrected chi connectivity index (χ4v) is 2.17. The van der Waals surface area contributed by atoms with Gasteiger partial charge in [-0.2, -0.15) is 0 Å². The molecular formula is C10H17NO3. The number of carboxylic acid groups (broad SMARTS) is 1. The minimum atomic E-state index is -0.660. The first-order valence-corrected chi connectivity index (χ1v) is 5.32. The van der Waals surface area contributed by atoms with Gasteiger partial charge in [0.15, 0.2) is 0 Å². The SMILES string of the molecule is O=C(O)C1CCCN1CCC1COC1. The highest BCUT2D eigenvalue weighted by atomic mass is 16.5. The van der Waals surface area contributed by atoms with Crippen LogP contribution in [0.25, 0.3) is 0 Å². The van der Waals surface area contributed by atoms with Crippen molar-refractivity contribution in [2.45, 2.75) is 25.3 Å². The van der Waals surface area contributed by atoms with Crippen LogP contribution in [0.2, 0.25) is 0 Å². The zero-order valence-electron chi connectivity index (χ0n) is 8.32. The maximum atomic E-state index is 10.9. The quantitative estimate of drug-likeness (QED) is 0.719. The fraction of sp³-hybridized carbons (Fsp3) is 0.900. The Kier molecular flexibility index (Phi) is 3.03. The number of carbonyl (C=O) groups is 1. The largest absolute Gasteiger partial charge is 0.480 e. The van der Waals surface area contributed by atoms with Crippen molar-refractivity contribution in [2.75, 3.05) is 26.3 Å². The lowest BCUT2D eigenvalue weighted by atomic mass is 10.0. The standard InChI is InChI=1S/C10H17NO3/c12-10(13)9-2-1-4-11(9)5-3-8-6-14-7-8/h8-9H,1-7H2,(H,12,13).